The SMILES string of the molecule is CCCC(CC)NCc1ccc(OC)c(OC)c1. The van der Waals surface area contributed by atoms with Gasteiger partial charge in [0.05, 0.1) is 14.2 Å². The van der Waals surface area contributed by atoms with Gasteiger partial charge in [-0.2, -0.15) is 0 Å². The van der Waals surface area contributed by atoms with E-state index in [9.17, 15) is 0 Å². The fourth-order valence-corrected chi connectivity index (χ4v) is 2.05. The molecular formula is C15H25NO2. The smallest absolute Gasteiger partial charge is 0.161 e. The van der Waals surface area contributed by atoms with Crippen LogP contribution in [0.1, 0.15) is 38.7 Å². The van der Waals surface area contributed by atoms with Gasteiger partial charge in [-0.05, 0) is 30.5 Å². The molecule has 3 nitrogen and oxygen atoms in total. The molecule has 0 aliphatic rings. The van der Waals surface area contributed by atoms with Crippen molar-refractivity contribution in [1.29, 1.82) is 0 Å². The van der Waals surface area contributed by atoms with Crippen molar-refractivity contribution in [2.45, 2.75) is 45.7 Å². The molecule has 0 heterocycles. The summed E-state index contributed by atoms with van der Waals surface area (Å²) >= 11 is 0. The second-order valence-corrected chi connectivity index (χ2v) is 4.46. The van der Waals surface area contributed by atoms with Crippen molar-refractivity contribution in [2.75, 3.05) is 14.2 Å². The number of rotatable bonds is 8. The molecule has 0 aromatic heterocycles. The lowest BCUT2D eigenvalue weighted by Crippen LogP contribution is -2.27. The maximum Gasteiger partial charge on any atom is 0.161 e. The van der Waals surface area contributed by atoms with Crippen molar-refractivity contribution >= 4 is 0 Å². The molecule has 0 aliphatic carbocycles. The summed E-state index contributed by atoms with van der Waals surface area (Å²) in [7, 11) is 3.32. The van der Waals surface area contributed by atoms with E-state index in [1.807, 2.05) is 12.1 Å². The minimum atomic E-state index is 0.600. The van der Waals surface area contributed by atoms with E-state index in [4.69, 9.17) is 9.47 Å². The molecule has 1 unspecified atom stereocenters. The summed E-state index contributed by atoms with van der Waals surface area (Å²) in [5.74, 6) is 1.57. The van der Waals surface area contributed by atoms with Crippen molar-refractivity contribution < 1.29 is 9.47 Å². The predicted octanol–water partition coefficient (Wildman–Crippen LogP) is 3.37. The Hall–Kier alpha value is -1.22. The van der Waals surface area contributed by atoms with Crippen LogP contribution in [0.5, 0.6) is 11.5 Å². The van der Waals surface area contributed by atoms with Gasteiger partial charge in [-0.15, -0.1) is 0 Å². The van der Waals surface area contributed by atoms with Crippen LogP contribution < -0.4 is 14.8 Å². The Balaban J connectivity index is 2.61. The zero-order chi connectivity index (χ0) is 13.4. The van der Waals surface area contributed by atoms with Gasteiger partial charge in [0, 0.05) is 12.6 Å². The van der Waals surface area contributed by atoms with Crippen LogP contribution in [0.25, 0.3) is 0 Å². The highest BCUT2D eigenvalue weighted by Gasteiger charge is 2.07. The normalized spacial score (nSPS) is 12.2. The van der Waals surface area contributed by atoms with Crippen LogP contribution in [0.3, 0.4) is 0 Å². The van der Waals surface area contributed by atoms with Crippen LogP contribution in [0.15, 0.2) is 18.2 Å². The molecule has 1 aromatic rings. The molecule has 0 bridgehead atoms. The van der Waals surface area contributed by atoms with Gasteiger partial charge in [-0.3, -0.25) is 0 Å². The molecule has 0 saturated carbocycles. The van der Waals surface area contributed by atoms with E-state index in [2.05, 4.69) is 25.2 Å². The second kappa shape index (κ2) is 7.98. The first kappa shape index (κ1) is 14.8. The minimum Gasteiger partial charge on any atom is -0.493 e. The van der Waals surface area contributed by atoms with E-state index in [1.54, 1.807) is 14.2 Å². The molecule has 18 heavy (non-hydrogen) atoms. The second-order valence-electron chi connectivity index (χ2n) is 4.46. The summed E-state index contributed by atoms with van der Waals surface area (Å²) in [5, 5.41) is 3.58. The Bertz CT molecular complexity index is 352. The van der Waals surface area contributed by atoms with E-state index < -0.39 is 0 Å². The standard InChI is InChI=1S/C15H25NO2/c1-5-7-13(6-2)16-11-12-8-9-14(17-3)15(10-12)18-4/h8-10,13,16H,5-7,11H2,1-4H3. The molecule has 0 radical (unpaired) electrons. The topological polar surface area (TPSA) is 30.5 Å². The lowest BCUT2D eigenvalue weighted by Gasteiger charge is -2.16. The van der Waals surface area contributed by atoms with Crippen LogP contribution in [0, 0.1) is 0 Å². The molecule has 0 fully saturated rings. The molecule has 0 spiro atoms. The molecule has 1 aromatic carbocycles. The van der Waals surface area contributed by atoms with Gasteiger partial charge in [0.25, 0.3) is 0 Å². The predicted molar refractivity (Wildman–Crippen MR) is 75.4 cm³/mol. The Morgan fingerprint density at radius 3 is 2.39 bits per heavy atom. The third-order valence-corrected chi connectivity index (χ3v) is 3.17. The Kier molecular flexibility index (Phi) is 6.58. The molecule has 1 atom stereocenters. The molecule has 102 valence electrons. The van der Waals surface area contributed by atoms with Crippen LogP contribution >= 0.6 is 0 Å². The number of benzene rings is 1. The molecule has 1 rings (SSSR count). The van der Waals surface area contributed by atoms with E-state index in [-0.39, 0.29) is 0 Å². The first-order valence-corrected chi connectivity index (χ1v) is 6.69. The fourth-order valence-electron chi connectivity index (χ4n) is 2.05. The summed E-state index contributed by atoms with van der Waals surface area (Å²) in [6.07, 6.45) is 3.61. The van der Waals surface area contributed by atoms with E-state index in [0.29, 0.717) is 6.04 Å². The third-order valence-electron chi connectivity index (χ3n) is 3.17. The van der Waals surface area contributed by atoms with Gasteiger partial charge in [-0.1, -0.05) is 26.3 Å². The van der Waals surface area contributed by atoms with Crippen molar-refractivity contribution in [3.8, 4) is 11.5 Å². The first-order chi connectivity index (χ1) is 8.74. The van der Waals surface area contributed by atoms with Crippen LogP contribution in [-0.4, -0.2) is 20.3 Å². The average Bonchev–Trinajstić information content (AvgIpc) is 2.42. The highest BCUT2D eigenvalue weighted by molar-refractivity contribution is 5.42. The van der Waals surface area contributed by atoms with Crippen LogP contribution in [0.2, 0.25) is 0 Å². The summed E-state index contributed by atoms with van der Waals surface area (Å²) in [5.41, 5.74) is 1.22. The summed E-state index contributed by atoms with van der Waals surface area (Å²) in [4.78, 5) is 0. The number of hydrogen-bond acceptors (Lipinski definition) is 3. The van der Waals surface area contributed by atoms with Gasteiger partial charge < -0.3 is 14.8 Å². The monoisotopic (exact) mass is 251 g/mol. The Morgan fingerprint density at radius 2 is 1.83 bits per heavy atom. The maximum absolute atomic E-state index is 5.30. The fraction of sp³-hybridized carbons (Fsp3) is 0.600. The summed E-state index contributed by atoms with van der Waals surface area (Å²) in [6, 6.07) is 6.66. The number of hydrogen-bond donors (Lipinski definition) is 1. The lowest BCUT2D eigenvalue weighted by atomic mass is 10.1. The average molecular weight is 251 g/mol. The van der Waals surface area contributed by atoms with E-state index in [1.165, 1.54) is 24.8 Å². The largest absolute Gasteiger partial charge is 0.493 e. The van der Waals surface area contributed by atoms with Gasteiger partial charge in [0.15, 0.2) is 11.5 Å². The van der Waals surface area contributed by atoms with Gasteiger partial charge in [0.1, 0.15) is 0 Å². The molecule has 0 aliphatic heterocycles. The molecule has 3 heteroatoms. The van der Waals surface area contributed by atoms with Crippen LogP contribution in [0.4, 0.5) is 0 Å². The lowest BCUT2D eigenvalue weighted by molar-refractivity contribution is 0.354. The van der Waals surface area contributed by atoms with Crippen molar-refractivity contribution in [1.82, 2.24) is 5.32 Å². The molecule has 1 N–H and O–H groups in total. The zero-order valence-corrected chi connectivity index (χ0v) is 12.0. The van der Waals surface area contributed by atoms with E-state index in [0.717, 1.165) is 18.0 Å². The van der Waals surface area contributed by atoms with E-state index >= 15 is 0 Å². The van der Waals surface area contributed by atoms with Crippen molar-refractivity contribution in [2.24, 2.45) is 0 Å². The van der Waals surface area contributed by atoms with Gasteiger partial charge >= 0.3 is 0 Å². The Morgan fingerprint density at radius 1 is 1.11 bits per heavy atom. The summed E-state index contributed by atoms with van der Waals surface area (Å²) < 4.78 is 10.5. The molecule has 0 amide bonds. The van der Waals surface area contributed by atoms with Crippen LogP contribution in [-0.2, 0) is 6.54 Å². The van der Waals surface area contributed by atoms with Gasteiger partial charge in [-0.25, -0.2) is 0 Å². The highest BCUT2D eigenvalue weighted by atomic mass is 16.5. The summed E-state index contributed by atoms with van der Waals surface area (Å²) in [6.45, 7) is 5.32. The van der Waals surface area contributed by atoms with Crippen molar-refractivity contribution in [3.05, 3.63) is 23.8 Å². The first-order valence-electron chi connectivity index (χ1n) is 6.69. The minimum absolute atomic E-state index is 0.600. The third kappa shape index (κ3) is 4.22. The highest BCUT2D eigenvalue weighted by Crippen LogP contribution is 2.27. The maximum atomic E-state index is 5.30. The molecule has 0 saturated heterocycles. The Labute approximate surface area is 110 Å². The number of ether oxygens (including phenoxy) is 2. The van der Waals surface area contributed by atoms with Gasteiger partial charge in [0.2, 0.25) is 0 Å². The number of nitrogens with one attached hydrogen (secondary N) is 1. The quantitative estimate of drug-likeness (QED) is 0.768. The molecular weight excluding hydrogens is 226 g/mol. The van der Waals surface area contributed by atoms with Crippen molar-refractivity contribution in [3.63, 3.8) is 0 Å². The zero-order valence-electron chi connectivity index (χ0n) is 12.0. The number of methoxy groups -OCH3 is 2.